The molecular weight excluding hydrogens is 509 g/mol. The van der Waals surface area contributed by atoms with Gasteiger partial charge in [0.05, 0.1) is 11.7 Å². The zero-order chi connectivity index (χ0) is 27.6. The lowest BCUT2D eigenvalue weighted by Crippen LogP contribution is -2.37. The van der Waals surface area contributed by atoms with E-state index in [4.69, 9.17) is 10.2 Å². The van der Waals surface area contributed by atoms with E-state index >= 15 is 0 Å². The van der Waals surface area contributed by atoms with E-state index in [2.05, 4.69) is 20.6 Å². The van der Waals surface area contributed by atoms with Crippen molar-refractivity contribution in [2.45, 2.75) is 25.7 Å². The van der Waals surface area contributed by atoms with Crippen LogP contribution in [0.4, 0.5) is 13.2 Å². The summed E-state index contributed by atoms with van der Waals surface area (Å²) in [5.41, 5.74) is 7.78. The van der Waals surface area contributed by atoms with Crippen molar-refractivity contribution in [2.75, 3.05) is 0 Å². The Kier molecular flexibility index (Phi) is 6.99. The van der Waals surface area contributed by atoms with Crippen molar-refractivity contribution in [1.29, 1.82) is 0 Å². The van der Waals surface area contributed by atoms with Crippen molar-refractivity contribution in [3.63, 3.8) is 0 Å². The van der Waals surface area contributed by atoms with Crippen molar-refractivity contribution in [3.05, 3.63) is 96.2 Å². The minimum atomic E-state index is -4.70. The first-order valence-corrected chi connectivity index (χ1v) is 12.0. The van der Waals surface area contributed by atoms with Gasteiger partial charge < -0.3 is 15.5 Å². The third kappa shape index (κ3) is 5.58. The molecule has 0 radical (unpaired) electrons. The molecule has 2 aromatic heterocycles. The summed E-state index contributed by atoms with van der Waals surface area (Å²) in [6.07, 6.45) is -4.70. The van der Waals surface area contributed by atoms with Crippen LogP contribution in [0.15, 0.2) is 89.3 Å². The molecule has 1 atom stereocenters. The van der Waals surface area contributed by atoms with Crippen molar-refractivity contribution in [3.8, 4) is 39.9 Å². The van der Waals surface area contributed by atoms with Crippen LogP contribution in [0, 0.1) is 0 Å². The summed E-state index contributed by atoms with van der Waals surface area (Å²) >= 11 is 0. The molecule has 11 heteroatoms. The van der Waals surface area contributed by atoms with Crippen LogP contribution in [-0.2, 0) is 17.5 Å². The topological polar surface area (TPSA) is 112 Å². The Balaban J connectivity index is 1.54. The molecule has 0 aliphatic heterocycles. The van der Waals surface area contributed by atoms with Crippen LogP contribution in [0.2, 0.25) is 0 Å². The van der Waals surface area contributed by atoms with Gasteiger partial charge in [0.25, 0.3) is 5.89 Å². The van der Waals surface area contributed by atoms with E-state index < -0.39 is 17.9 Å². The second-order valence-corrected chi connectivity index (χ2v) is 8.82. The number of hydrogen-bond donors (Lipinski definition) is 2. The lowest BCUT2D eigenvalue weighted by atomic mass is 10.00. The van der Waals surface area contributed by atoms with Crippen molar-refractivity contribution < 1.29 is 22.4 Å². The van der Waals surface area contributed by atoms with Gasteiger partial charge in [-0.3, -0.25) is 4.79 Å². The zero-order valence-corrected chi connectivity index (χ0v) is 20.7. The van der Waals surface area contributed by atoms with Gasteiger partial charge in [-0.15, -0.1) is 10.2 Å². The summed E-state index contributed by atoms with van der Waals surface area (Å²) < 4.78 is 48.1. The van der Waals surface area contributed by atoms with Crippen LogP contribution < -0.4 is 11.1 Å². The number of nitrogens with one attached hydrogen (secondary N) is 1. The molecular formula is C28H23F3N6O2. The first-order valence-electron chi connectivity index (χ1n) is 12.0. The summed E-state index contributed by atoms with van der Waals surface area (Å²) in [6.45, 7) is 1.69. The number of nitrogens with two attached hydrogens (primary N) is 1. The van der Waals surface area contributed by atoms with Crippen LogP contribution >= 0.6 is 0 Å². The van der Waals surface area contributed by atoms with Crippen LogP contribution in [0.3, 0.4) is 0 Å². The highest BCUT2D eigenvalue weighted by molar-refractivity contribution is 5.81. The Morgan fingerprint density at radius 3 is 2.36 bits per heavy atom. The monoisotopic (exact) mass is 532 g/mol. The van der Waals surface area contributed by atoms with Gasteiger partial charge in [0.2, 0.25) is 11.8 Å². The molecule has 0 unspecified atom stereocenters. The zero-order valence-electron chi connectivity index (χ0n) is 20.7. The molecule has 0 saturated heterocycles. The molecule has 3 N–H and O–H groups in total. The molecule has 5 aromatic rings. The fourth-order valence-corrected chi connectivity index (χ4v) is 3.99. The molecule has 0 aliphatic carbocycles. The van der Waals surface area contributed by atoms with Crippen molar-refractivity contribution in [2.24, 2.45) is 5.73 Å². The molecule has 0 aliphatic rings. The Bertz CT molecular complexity index is 1610. The summed E-state index contributed by atoms with van der Waals surface area (Å²) in [5.74, 6) is -0.335. The normalized spacial score (nSPS) is 12.3. The molecule has 0 fully saturated rings. The lowest BCUT2D eigenvalue weighted by molar-refractivity contribution is -0.141. The number of halogens is 3. The highest BCUT2D eigenvalue weighted by Crippen LogP contribution is 2.36. The number of nitrogens with zero attached hydrogens (tertiary/aromatic N) is 4. The summed E-state index contributed by atoms with van der Waals surface area (Å²) in [6, 6.07) is 23.7. The highest BCUT2D eigenvalue weighted by Gasteiger charge is 2.36. The average molecular weight is 533 g/mol. The maximum atomic E-state index is 13.7. The number of hydrogen-bond acceptors (Lipinski definition) is 6. The maximum absolute atomic E-state index is 13.7. The summed E-state index contributed by atoms with van der Waals surface area (Å²) in [7, 11) is 0. The summed E-state index contributed by atoms with van der Waals surface area (Å²) in [5, 5.41) is 14.7. The molecule has 1 amide bonds. The van der Waals surface area contributed by atoms with E-state index in [9.17, 15) is 18.0 Å². The van der Waals surface area contributed by atoms with E-state index in [1.807, 2.05) is 48.5 Å². The van der Waals surface area contributed by atoms with Crippen molar-refractivity contribution in [1.82, 2.24) is 25.3 Å². The predicted molar refractivity (Wildman–Crippen MR) is 138 cm³/mol. The molecule has 0 bridgehead atoms. The van der Waals surface area contributed by atoms with Crippen LogP contribution in [0.1, 0.15) is 18.2 Å². The molecule has 2 heterocycles. The molecule has 198 valence electrons. The standard InChI is InChI=1S/C28H23F3N6O2/c1-17(32)25(38)33-16-18-8-7-11-20(14-18)37-23(15-24(36-37)28(29,30)31)27-35-34-26(39-27)22-13-6-5-12-21(22)19-9-3-2-4-10-19/h2-15,17H,16,32H2,1H3,(H,33,38)/t17-/m0/s1. The number of carbonyl (C=O) groups is 1. The minimum Gasteiger partial charge on any atom is -0.415 e. The first-order chi connectivity index (χ1) is 18.7. The SMILES string of the molecule is C[C@H](N)C(=O)NCc1cccc(-n2nc(C(F)(F)F)cc2-c2nnc(-c3ccccc3-c3ccccc3)o2)c1. The smallest absolute Gasteiger partial charge is 0.415 e. The molecule has 39 heavy (non-hydrogen) atoms. The van der Waals surface area contributed by atoms with E-state index in [-0.39, 0.29) is 29.9 Å². The Hall–Kier alpha value is -4.77. The third-order valence-corrected chi connectivity index (χ3v) is 5.92. The van der Waals surface area contributed by atoms with Gasteiger partial charge in [-0.25, -0.2) is 4.68 Å². The molecule has 0 spiro atoms. The molecule has 8 nitrogen and oxygen atoms in total. The van der Waals surface area contributed by atoms with Crippen LogP contribution in [-0.4, -0.2) is 31.9 Å². The van der Waals surface area contributed by atoms with Gasteiger partial charge in [-0.1, -0.05) is 60.7 Å². The number of rotatable bonds is 7. The van der Waals surface area contributed by atoms with Crippen LogP contribution in [0.5, 0.6) is 0 Å². The Labute approximate surface area is 221 Å². The van der Waals surface area contributed by atoms with Crippen molar-refractivity contribution >= 4 is 5.91 Å². The van der Waals surface area contributed by atoms with Gasteiger partial charge in [-0.2, -0.15) is 18.3 Å². The number of alkyl halides is 3. The minimum absolute atomic E-state index is 0.0324. The Morgan fingerprint density at radius 1 is 0.949 bits per heavy atom. The third-order valence-electron chi connectivity index (χ3n) is 5.92. The molecule has 3 aromatic carbocycles. The highest BCUT2D eigenvalue weighted by atomic mass is 19.4. The lowest BCUT2D eigenvalue weighted by Gasteiger charge is -2.10. The summed E-state index contributed by atoms with van der Waals surface area (Å²) in [4.78, 5) is 11.9. The average Bonchev–Trinajstić information content (AvgIpc) is 3.60. The van der Waals surface area contributed by atoms with Crippen LogP contribution in [0.25, 0.3) is 39.9 Å². The fourth-order valence-electron chi connectivity index (χ4n) is 3.99. The number of aromatic nitrogens is 4. The van der Waals surface area contributed by atoms with Gasteiger partial charge in [0, 0.05) is 18.2 Å². The van der Waals surface area contributed by atoms with Gasteiger partial charge in [-0.05, 0) is 41.8 Å². The maximum Gasteiger partial charge on any atom is 0.435 e. The second kappa shape index (κ2) is 10.5. The fraction of sp³-hybridized carbons (Fsp3) is 0.143. The van der Waals surface area contributed by atoms with E-state index in [0.29, 0.717) is 16.8 Å². The van der Waals surface area contributed by atoms with E-state index in [1.165, 1.54) is 0 Å². The largest absolute Gasteiger partial charge is 0.435 e. The predicted octanol–water partition coefficient (Wildman–Crippen LogP) is 5.24. The van der Waals surface area contributed by atoms with E-state index in [1.54, 1.807) is 37.3 Å². The van der Waals surface area contributed by atoms with Gasteiger partial charge in [0.1, 0.15) is 5.69 Å². The quantitative estimate of drug-likeness (QED) is 0.297. The molecule has 5 rings (SSSR count). The van der Waals surface area contributed by atoms with Gasteiger partial charge in [0.15, 0.2) is 5.69 Å². The molecule has 0 saturated carbocycles. The van der Waals surface area contributed by atoms with Gasteiger partial charge >= 0.3 is 6.18 Å². The number of amides is 1. The number of benzene rings is 3. The second-order valence-electron chi connectivity index (χ2n) is 8.82. The Morgan fingerprint density at radius 2 is 1.64 bits per heavy atom. The first kappa shape index (κ1) is 25.9. The number of carbonyl (C=O) groups excluding carboxylic acids is 1. The van der Waals surface area contributed by atoms with E-state index in [0.717, 1.165) is 21.9 Å².